The summed E-state index contributed by atoms with van der Waals surface area (Å²) in [7, 11) is 0. The van der Waals surface area contributed by atoms with Gasteiger partial charge in [0.15, 0.2) is 0 Å². The summed E-state index contributed by atoms with van der Waals surface area (Å²) >= 11 is 0. The van der Waals surface area contributed by atoms with Crippen molar-refractivity contribution < 1.29 is 9.53 Å². The zero-order valence-corrected chi connectivity index (χ0v) is 11.0. The first-order chi connectivity index (χ1) is 9.84. The second-order valence-electron chi connectivity index (χ2n) is 4.69. The Bertz CT molecular complexity index is 576. The van der Waals surface area contributed by atoms with Gasteiger partial charge in [-0.2, -0.15) is 5.10 Å². The Morgan fingerprint density at radius 3 is 2.70 bits per heavy atom. The van der Waals surface area contributed by atoms with Crippen molar-refractivity contribution in [3.63, 3.8) is 0 Å². The zero-order chi connectivity index (χ0) is 13.8. The van der Waals surface area contributed by atoms with Crippen LogP contribution < -0.4 is 5.32 Å². The number of pyridine rings is 1. The van der Waals surface area contributed by atoms with Gasteiger partial charge in [-0.1, -0.05) is 0 Å². The maximum Gasteiger partial charge on any atom is 0.273 e. The third-order valence-corrected chi connectivity index (χ3v) is 3.38. The van der Waals surface area contributed by atoms with Crippen LogP contribution in [0, 0.1) is 0 Å². The molecule has 1 aliphatic rings. The van der Waals surface area contributed by atoms with Crippen LogP contribution >= 0.6 is 0 Å². The van der Waals surface area contributed by atoms with Crippen LogP contribution in [0.25, 0.3) is 0 Å². The minimum atomic E-state index is -0.153. The van der Waals surface area contributed by atoms with Gasteiger partial charge < -0.3 is 10.1 Å². The molecule has 1 saturated heterocycles. The molecule has 0 bridgehead atoms. The maximum atomic E-state index is 12.3. The van der Waals surface area contributed by atoms with E-state index in [0.29, 0.717) is 5.69 Å². The van der Waals surface area contributed by atoms with E-state index >= 15 is 0 Å². The number of ether oxygens (including phenoxy) is 1. The lowest BCUT2D eigenvalue weighted by molar-refractivity contribution is 0.0647. The van der Waals surface area contributed by atoms with Crippen molar-refractivity contribution in [3.8, 4) is 0 Å². The minimum absolute atomic E-state index is 0.153. The number of amides is 1. The molecule has 2 aromatic rings. The molecule has 0 saturated carbocycles. The van der Waals surface area contributed by atoms with Crippen molar-refractivity contribution >= 4 is 11.6 Å². The average molecular weight is 272 g/mol. The van der Waals surface area contributed by atoms with E-state index in [1.54, 1.807) is 41.5 Å². The first kappa shape index (κ1) is 12.8. The summed E-state index contributed by atoms with van der Waals surface area (Å²) in [5.74, 6) is -0.153. The highest BCUT2D eigenvalue weighted by Crippen LogP contribution is 2.22. The summed E-state index contributed by atoms with van der Waals surface area (Å²) in [5, 5.41) is 7.14. The van der Waals surface area contributed by atoms with Crippen molar-refractivity contribution in [2.45, 2.75) is 18.9 Å². The van der Waals surface area contributed by atoms with Gasteiger partial charge in [0.25, 0.3) is 5.91 Å². The second-order valence-corrected chi connectivity index (χ2v) is 4.69. The number of aromatic nitrogens is 3. The SMILES string of the molecule is O=C(Nc1ccncc1)c1ccnn1C1CCOCC1. The molecule has 1 aliphatic heterocycles. The summed E-state index contributed by atoms with van der Waals surface area (Å²) in [6.45, 7) is 1.44. The number of nitrogens with zero attached hydrogens (tertiary/aromatic N) is 3. The van der Waals surface area contributed by atoms with Crippen LogP contribution in [-0.4, -0.2) is 33.9 Å². The predicted molar refractivity (Wildman–Crippen MR) is 73.5 cm³/mol. The smallest absolute Gasteiger partial charge is 0.273 e. The van der Waals surface area contributed by atoms with Crippen LogP contribution in [-0.2, 0) is 4.74 Å². The fourth-order valence-electron chi connectivity index (χ4n) is 2.35. The van der Waals surface area contributed by atoms with E-state index in [-0.39, 0.29) is 11.9 Å². The van der Waals surface area contributed by atoms with E-state index in [9.17, 15) is 4.79 Å². The summed E-state index contributed by atoms with van der Waals surface area (Å²) in [6, 6.07) is 5.49. The van der Waals surface area contributed by atoms with Gasteiger partial charge in [0.1, 0.15) is 5.69 Å². The molecule has 104 valence electrons. The van der Waals surface area contributed by atoms with Gasteiger partial charge in [0.2, 0.25) is 0 Å². The Kier molecular flexibility index (Phi) is 3.73. The van der Waals surface area contributed by atoms with Gasteiger partial charge in [0.05, 0.1) is 6.04 Å². The quantitative estimate of drug-likeness (QED) is 0.926. The summed E-state index contributed by atoms with van der Waals surface area (Å²) in [4.78, 5) is 16.2. The molecule has 0 radical (unpaired) electrons. The maximum absolute atomic E-state index is 12.3. The van der Waals surface area contributed by atoms with Gasteiger partial charge in [0, 0.05) is 37.5 Å². The van der Waals surface area contributed by atoms with Crippen LogP contribution in [0.1, 0.15) is 29.4 Å². The zero-order valence-electron chi connectivity index (χ0n) is 11.0. The fourth-order valence-corrected chi connectivity index (χ4v) is 2.35. The Hall–Kier alpha value is -2.21. The van der Waals surface area contributed by atoms with E-state index in [2.05, 4.69) is 15.4 Å². The molecule has 3 rings (SSSR count). The van der Waals surface area contributed by atoms with Crippen LogP contribution in [0.4, 0.5) is 5.69 Å². The second kappa shape index (κ2) is 5.83. The summed E-state index contributed by atoms with van der Waals surface area (Å²) < 4.78 is 7.15. The normalized spacial score (nSPS) is 16.0. The van der Waals surface area contributed by atoms with Crippen molar-refractivity contribution in [1.29, 1.82) is 0 Å². The van der Waals surface area contributed by atoms with E-state index in [1.807, 2.05) is 0 Å². The molecule has 6 heteroatoms. The van der Waals surface area contributed by atoms with Gasteiger partial charge >= 0.3 is 0 Å². The van der Waals surface area contributed by atoms with E-state index in [0.717, 1.165) is 31.7 Å². The largest absolute Gasteiger partial charge is 0.381 e. The Morgan fingerprint density at radius 1 is 1.20 bits per heavy atom. The van der Waals surface area contributed by atoms with Crippen molar-refractivity contribution in [2.24, 2.45) is 0 Å². The average Bonchev–Trinajstić information content (AvgIpc) is 2.99. The van der Waals surface area contributed by atoms with Crippen molar-refractivity contribution in [3.05, 3.63) is 42.5 Å². The highest BCUT2D eigenvalue weighted by Gasteiger charge is 2.21. The first-order valence-corrected chi connectivity index (χ1v) is 6.67. The molecule has 20 heavy (non-hydrogen) atoms. The van der Waals surface area contributed by atoms with Gasteiger partial charge in [-0.3, -0.25) is 14.5 Å². The van der Waals surface area contributed by atoms with Crippen LogP contribution in [0.5, 0.6) is 0 Å². The minimum Gasteiger partial charge on any atom is -0.381 e. The number of rotatable bonds is 3. The van der Waals surface area contributed by atoms with Gasteiger partial charge in [-0.15, -0.1) is 0 Å². The lowest BCUT2D eigenvalue weighted by Crippen LogP contribution is -2.25. The predicted octanol–water partition coefficient (Wildman–Crippen LogP) is 1.88. The molecule has 0 aromatic carbocycles. The Morgan fingerprint density at radius 2 is 1.95 bits per heavy atom. The summed E-state index contributed by atoms with van der Waals surface area (Å²) in [5.41, 5.74) is 1.30. The Balaban J connectivity index is 1.77. The molecular formula is C14H16N4O2. The highest BCUT2D eigenvalue weighted by atomic mass is 16.5. The molecule has 1 N–H and O–H groups in total. The molecular weight excluding hydrogens is 256 g/mol. The lowest BCUT2D eigenvalue weighted by atomic mass is 10.1. The number of nitrogens with one attached hydrogen (secondary N) is 1. The van der Waals surface area contributed by atoms with E-state index in [4.69, 9.17) is 4.74 Å². The Labute approximate surface area is 116 Å². The first-order valence-electron chi connectivity index (χ1n) is 6.67. The highest BCUT2D eigenvalue weighted by molar-refractivity contribution is 6.03. The van der Waals surface area contributed by atoms with E-state index in [1.165, 1.54) is 0 Å². The van der Waals surface area contributed by atoms with Crippen LogP contribution in [0.2, 0.25) is 0 Å². The lowest BCUT2D eigenvalue weighted by Gasteiger charge is -2.23. The number of hydrogen-bond donors (Lipinski definition) is 1. The van der Waals surface area contributed by atoms with E-state index < -0.39 is 0 Å². The number of hydrogen-bond acceptors (Lipinski definition) is 4. The molecule has 6 nitrogen and oxygen atoms in total. The topological polar surface area (TPSA) is 69.0 Å². The summed E-state index contributed by atoms with van der Waals surface area (Å²) in [6.07, 6.45) is 6.72. The molecule has 2 aromatic heterocycles. The molecule has 0 unspecified atom stereocenters. The van der Waals surface area contributed by atoms with Gasteiger partial charge in [-0.05, 0) is 31.0 Å². The van der Waals surface area contributed by atoms with Crippen LogP contribution in [0.15, 0.2) is 36.8 Å². The standard InChI is InChI=1S/C14H16N4O2/c19-14(17-11-1-6-15-7-2-11)13-3-8-16-18(13)12-4-9-20-10-5-12/h1-3,6-8,12H,4-5,9-10H2,(H,15,17,19). The molecule has 1 fully saturated rings. The van der Waals surface area contributed by atoms with Crippen molar-refractivity contribution in [2.75, 3.05) is 18.5 Å². The molecule has 0 spiro atoms. The fraction of sp³-hybridized carbons (Fsp3) is 0.357. The van der Waals surface area contributed by atoms with Gasteiger partial charge in [-0.25, -0.2) is 0 Å². The number of carbonyl (C=O) groups is 1. The third-order valence-electron chi connectivity index (χ3n) is 3.38. The molecule has 3 heterocycles. The molecule has 0 aliphatic carbocycles. The number of carbonyl (C=O) groups excluding carboxylic acids is 1. The number of anilines is 1. The molecule has 0 atom stereocenters. The monoisotopic (exact) mass is 272 g/mol. The van der Waals surface area contributed by atoms with Crippen molar-refractivity contribution in [1.82, 2.24) is 14.8 Å². The third kappa shape index (κ3) is 2.70. The van der Waals surface area contributed by atoms with Crippen LogP contribution in [0.3, 0.4) is 0 Å². The molecule has 1 amide bonds.